The molecule has 5 aromatic rings. The van der Waals surface area contributed by atoms with Crippen LogP contribution in [-0.2, 0) is 6.42 Å². The Balaban J connectivity index is 0.000000256. The number of hydrogen-bond donors (Lipinski definition) is 0. The van der Waals surface area contributed by atoms with Gasteiger partial charge in [-0.3, -0.25) is 4.57 Å². The minimum atomic E-state index is 0.671. The number of hydrogen-bond acceptors (Lipinski definition) is 5. The molecule has 7 heteroatoms. The predicted octanol–water partition coefficient (Wildman–Crippen LogP) is 8.05. The fourth-order valence-corrected chi connectivity index (χ4v) is 3.93. The summed E-state index contributed by atoms with van der Waals surface area (Å²) in [6.45, 7) is 18.3. The first kappa shape index (κ1) is 30.4. The smallest absolute Gasteiger partial charge is 0.204 e. The molecule has 0 aliphatic carbocycles. The van der Waals surface area contributed by atoms with E-state index in [1.165, 1.54) is 5.69 Å². The van der Waals surface area contributed by atoms with Crippen LogP contribution in [0.15, 0.2) is 65.3 Å². The molecule has 1 aromatic carbocycles. The van der Waals surface area contributed by atoms with Gasteiger partial charge in [-0.15, -0.1) is 10.2 Å². The lowest BCUT2D eigenvalue weighted by Gasteiger charge is -2.14. The minimum Gasteiger partial charge on any atom is -0.495 e. The van der Waals surface area contributed by atoms with Crippen molar-refractivity contribution < 1.29 is 9.15 Å². The van der Waals surface area contributed by atoms with Crippen LogP contribution in [0.2, 0.25) is 0 Å². The molecule has 0 atom stereocenters. The first-order chi connectivity index (χ1) is 18.4. The van der Waals surface area contributed by atoms with Crippen LogP contribution in [-0.4, -0.2) is 31.3 Å². The molecule has 0 N–H and O–H groups in total. The van der Waals surface area contributed by atoms with Crippen LogP contribution in [0.1, 0.15) is 64.4 Å². The van der Waals surface area contributed by atoms with E-state index < -0.39 is 0 Å². The third-order valence-electron chi connectivity index (χ3n) is 5.46. The highest BCUT2D eigenvalue weighted by Gasteiger charge is 2.19. The Morgan fingerprint density at radius 1 is 0.895 bits per heavy atom. The molecule has 0 saturated heterocycles. The number of para-hydroxylation sites is 1. The highest BCUT2D eigenvalue weighted by atomic mass is 16.5. The first-order valence-electron chi connectivity index (χ1n) is 13.4. The summed E-state index contributed by atoms with van der Waals surface area (Å²) in [5.41, 5.74) is 4.24. The standard InChI is InChI=1S/C16H17N3O2.C11H14N2.2C2H6/c1-10-6-5-7-13(20-4)15(10)19-12(3)17-18-16(19)14-9-8-11(2)21-14;1-9(2)7-10-8-13-6-4-3-5-11(13)12-10;2*1-2/h5-9H,1-4H3;3-6,8-9H,7H2,1-2H3;2*1-2H3. The van der Waals surface area contributed by atoms with E-state index in [4.69, 9.17) is 9.15 Å². The fraction of sp³-hybridized carbons (Fsp3) is 0.387. The molecular formula is C31H43N5O2. The number of rotatable bonds is 5. The topological polar surface area (TPSA) is 70.4 Å². The largest absolute Gasteiger partial charge is 0.495 e. The Labute approximate surface area is 227 Å². The maximum atomic E-state index is 5.69. The molecule has 7 nitrogen and oxygen atoms in total. The Hall–Kier alpha value is -3.87. The maximum Gasteiger partial charge on any atom is 0.204 e. The zero-order valence-corrected chi connectivity index (χ0v) is 24.6. The molecule has 5 rings (SSSR count). The van der Waals surface area contributed by atoms with Crippen molar-refractivity contribution in [2.45, 2.75) is 68.7 Å². The van der Waals surface area contributed by atoms with Gasteiger partial charge in [0.2, 0.25) is 5.82 Å². The van der Waals surface area contributed by atoms with Gasteiger partial charge >= 0.3 is 0 Å². The van der Waals surface area contributed by atoms with Crippen LogP contribution < -0.4 is 4.74 Å². The van der Waals surface area contributed by atoms with Gasteiger partial charge < -0.3 is 13.6 Å². The molecule has 4 heterocycles. The highest BCUT2D eigenvalue weighted by Crippen LogP contribution is 2.32. The number of fused-ring (bicyclic) bond motifs is 1. The van der Waals surface area contributed by atoms with E-state index in [0.29, 0.717) is 17.5 Å². The second kappa shape index (κ2) is 14.8. The number of aryl methyl sites for hydroxylation is 3. The summed E-state index contributed by atoms with van der Waals surface area (Å²) in [5, 5.41) is 8.45. The van der Waals surface area contributed by atoms with E-state index in [1.807, 2.05) is 108 Å². The number of nitrogens with zero attached hydrogens (tertiary/aromatic N) is 5. The average Bonchev–Trinajstić information content (AvgIpc) is 3.64. The monoisotopic (exact) mass is 517 g/mol. The normalized spacial score (nSPS) is 10.2. The summed E-state index contributed by atoms with van der Waals surface area (Å²) >= 11 is 0. The van der Waals surface area contributed by atoms with Crippen LogP contribution in [0.25, 0.3) is 22.9 Å². The van der Waals surface area contributed by atoms with Crippen molar-refractivity contribution in [3.05, 3.63) is 83.8 Å². The molecule has 0 spiro atoms. The summed E-state index contributed by atoms with van der Waals surface area (Å²) < 4.78 is 15.2. The van der Waals surface area contributed by atoms with E-state index in [1.54, 1.807) is 7.11 Å². The lowest BCUT2D eigenvalue weighted by molar-refractivity contribution is 0.412. The molecule has 0 fully saturated rings. The Morgan fingerprint density at radius 2 is 1.63 bits per heavy atom. The molecule has 0 saturated carbocycles. The van der Waals surface area contributed by atoms with Gasteiger partial charge in [-0.25, -0.2) is 4.98 Å². The van der Waals surface area contributed by atoms with E-state index in [2.05, 4.69) is 39.6 Å². The van der Waals surface area contributed by atoms with Crippen LogP contribution >= 0.6 is 0 Å². The van der Waals surface area contributed by atoms with Crippen molar-refractivity contribution in [3.63, 3.8) is 0 Å². The molecular weight excluding hydrogens is 474 g/mol. The van der Waals surface area contributed by atoms with E-state index in [-0.39, 0.29) is 0 Å². The van der Waals surface area contributed by atoms with Gasteiger partial charge in [0.15, 0.2) is 5.76 Å². The van der Waals surface area contributed by atoms with Gasteiger partial charge in [0.05, 0.1) is 18.5 Å². The quantitative estimate of drug-likeness (QED) is 0.236. The third kappa shape index (κ3) is 7.34. The van der Waals surface area contributed by atoms with Crippen molar-refractivity contribution in [1.82, 2.24) is 24.1 Å². The number of imidazole rings is 1. The van der Waals surface area contributed by atoms with Crippen LogP contribution in [0, 0.1) is 26.7 Å². The number of aromatic nitrogens is 5. The molecule has 0 radical (unpaired) electrons. The maximum absolute atomic E-state index is 5.69. The summed E-state index contributed by atoms with van der Waals surface area (Å²) in [5.74, 6) is 4.44. The van der Waals surface area contributed by atoms with Crippen LogP contribution in [0.4, 0.5) is 0 Å². The second-order valence-electron chi connectivity index (χ2n) is 8.74. The summed E-state index contributed by atoms with van der Waals surface area (Å²) in [6.07, 6.45) is 5.20. The van der Waals surface area contributed by atoms with Gasteiger partial charge in [0.25, 0.3) is 0 Å². The minimum absolute atomic E-state index is 0.671. The SMILES string of the molecule is CC.CC.CC(C)Cc1cn2ccccc2n1.COc1cccc(C)c1-n1c(C)nnc1-c1ccc(C)o1. The molecule has 0 unspecified atom stereocenters. The highest BCUT2D eigenvalue weighted by molar-refractivity contribution is 5.60. The lowest BCUT2D eigenvalue weighted by atomic mass is 10.1. The van der Waals surface area contributed by atoms with Crippen molar-refractivity contribution in [2.75, 3.05) is 7.11 Å². The molecule has 4 aromatic heterocycles. The number of ether oxygens (including phenoxy) is 1. The van der Waals surface area contributed by atoms with Crippen molar-refractivity contribution in [3.8, 4) is 23.0 Å². The summed E-state index contributed by atoms with van der Waals surface area (Å²) in [7, 11) is 1.66. The number of benzene rings is 1. The fourth-order valence-electron chi connectivity index (χ4n) is 3.93. The zero-order chi connectivity index (χ0) is 28.2. The molecule has 0 aliphatic heterocycles. The second-order valence-corrected chi connectivity index (χ2v) is 8.74. The molecule has 38 heavy (non-hydrogen) atoms. The number of furan rings is 1. The lowest BCUT2D eigenvalue weighted by Crippen LogP contribution is -2.04. The van der Waals surface area contributed by atoms with Gasteiger partial charge in [-0.05, 0) is 69.0 Å². The Bertz CT molecular complexity index is 1360. The van der Waals surface area contributed by atoms with Gasteiger partial charge in [0, 0.05) is 12.4 Å². The summed E-state index contributed by atoms with van der Waals surface area (Å²) in [4.78, 5) is 4.52. The third-order valence-corrected chi connectivity index (χ3v) is 5.46. The predicted molar refractivity (Wildman–Crippen MR) is 156 cm³/mol. The van der Waals surface area contributed by atoms with E-state index in [9.17, 15) is 0 Å². The zero-order valence-electron chi connectivity index (χ0n) is 24.6. The van der Waals surface area contributed by atoms with Crippen molar-refractivity contribution >= 4 is 5.65 Å². The first-order valence-corrected chi connectivity index (χ1v) is 13.4. The molecule has 204 valence electrons. The Kier molecular flexibility index (Phi) is 11.8. The number of pyridine rings is 1. The van der Waals surface area contributed by atoms with Gasteiger partial charge in [-0.2, -0.15) is 0 Å². The molecule has 0 amide bonds. The molecule has 0 bridgehead atoms. The molecule has 0 aliphatic rings. The van der Waals surface area contributed by atoms with Gasteiger partial charge in [-0.1, -0.05) is 59.7 Å². The Morgan fingerprint density at radius 3 is 2.24 bits per heavy atom. The van der Waals surface area contributed by atoms with Crippen molar-refractivity contribution in [1.29, 1.82) is 0 Å². The number of methoxy groups -OCH3 is 1. The van der Waals surface area contributed by atoms with Crippen LogP contribution in [0.3, 0.4) is 0 Å². The summed E-state index contributed by atoms with van der Waals surface area (Å²) in [6, 6.07) is 15.8. The average molecular weight is 518 g/mol. The van der Waals surface area contributed by atoms with E-state index in [0.717, 1.165) is 40.7 Å². The van der Waals surface area contributed by atoms with Crippen LogP contribution in [0.5, 0.6) is 5.75 Å². The van der Waals surface area contributed by atoms with Gasteiger partial charge in [0.1, 0.15) is 23.0 Å². The van der Waals surface area contributed by atoms with E-state index >= 15 is 0 Å². The van der Waals surface area contributed by atoms with Crippen molar-refractivity contribution in [2.24, 2.45) is 5.92 Å².